The first-order valence-corrected chi connectivity index (χ1v) is 34.4. The molecule has 98 heavy (non-hydrogen) atoms. The normalized spacial score (nSPS) is 12.7. The van der Waals surface area contributed by atoms with Crippen molar-refractivity contribution >= 4 is 126 Å². The van der Waals surface area contributed by atoms with Gasteiger partial charge in [-0.1, -0.05) is 290 Å². The number of fused-ring (bicyclic) bond motifs is 8. The van der Waals surface area contributed by atoms with Gasteiger partial charge in [0, 0.05) is 72.2 Å². The number of ether oxygens (including phenoxy) is 1. The van der Waals surface area contributed by atoms with E-state index in [0.29, 0.717) is 0 Å². The predicted molar refractivity (Wildman–Crippen MR) is 413 cm³/mol. The number of rotatable bonds is 12. The predicted octanol–water partition coefficient (Wildman–Crippen LogP) is 20.5. The number of hydrogen-bond acceptors (Lipinski definition) is 6. The third kappa shape index (κ3) is 9.50. The van der Waals surface area contributed by atoms with Crippen LogP contribution in [0.15, 0.2) is 374 Å². The molecule has 4 heterocycles. The topological polar surface area (TPSA) is 22.2 Å². The minimum Gasteiger partial charge on any atom is -0.458 e. The third-order valence-electron chi connectivity index (χ3n) is 19.9. The second kappa shape index (κ2) is 23.9. The lowest BCUT2D eigenvalue weighted by molar-refractivity contribution is 0.486. The fourth-order valence-electron chi connectivity index (χ4n) is 15.8. The molecule has 5 nitrogen and oxygen atoms in total. The highest BCUT2D eigenvalue weighted by Gasteiger charge is 2.48. The molecule has 0 saturated carbocycles. The van der Waals surface area contributed by atoms with Crippen molar-refractivity contribution in [2.45, 2.75) is 9.79 Å². The van der Waals surface area contributed by atoms with E-state index in [-0.39, 0.29) is 13.4 Å². The molecule has 0 N–H and O–H groups in total. The van der Waals surface area contributed by atoms with Crippen molar-refractivity contribution in [1.29, 1.82) is 0 Å². The molecular weight excluding hydrogens is 1210 g/mol. The molecule has 15 aromatic carbocycles. The maximum absolute atomic E-state index is 7.28. The summed E-state index contributed by atoms with van der Waals surface area (Å²) >= 11 is 1.86. The lowest BCUT2D eigenvalue weighted by Gasteiger charge is -2.46. The van der Waals surface area contributed by atoms with Crippen LogP contribution in [-0.2, 0) is 0 Å². The average molecular weight is 1270 g/mol. The molecule has 0 aliphatic carbocycles. The van der Waals surface area contributed by atoms with Crippen LogP contribution in [0.5, 0.6) is 11.5 Å². The van der Waals surface area contributed by atoms with E-state index in [1.165, 1.54) is 32.2 Å². The van der Waals surface area contributed by atoms with Gasteiger partial charge in [-0.05, 0) is 134 Å². The van der Waals surface area contributed by atoms with E-state index < -0.39 is 0 Å². The lowest BCUT2D eigenvalue weighted by Crippen LogP contribution is -2.64. The van der Waals surface area contributed by atoms with Crippen LogP contribution in [-0.4, -0.2) is 13.4 Å². The van der Waals surface area contributed by atoms with E-state index >= 15 is 0 Å². The first-order valence-electron chi connectivity index (χ1n) is 33.6. The van der Waals surface area contributed by atoms with Gasteiger partial charge in [0.25, 0.3) is 13.4 Å². The Bertz CT molecular complexity index is 5570. The van der Waals surface area contributed by atoms with Crippen LogP contribution in [0.3, 0.4) is 0 Å². The van der Waals surface area contributed by atoms with Gasteiger partial charge >= 0.3 is 0 Å². The Morgan fingerprint density at radius 1 is 0.245 bits per heavy atom. The van der Waals surface area contributed by atoms with Gasteiger partial charge in [-0.2, -0.15) is 0 Å². The highest BCUT2D eigenvalue weighted by Crippen LogP contribution is 2.54. The Morgan fingerprint density at radius 2 is 0.643 bits per heavy atom. The standard InChI is InChI=1S/C90H60B2N4OS/c1-7-31-61(32-8-1)69-43-19-25-49-77(69)93(65-39-15-5-16-40-65)67-55-83-89-84(56-67)96(80-52-28-22-46-72(80)64-37-13-4-14-38-64)82-60-87-76(59-75(82)91(89)73-47-23-29-53-81(73)95(83)79-51-27-21-45-71(79)63-35-11-3-12-36-63)92-74-48-24-30-54-85(74)97-86-57-68(58-88(98-87)90(86)92)94(66-41-17-6-18-42-66)78-50-26-20-44-70(78)62-33-9-2-10-34-62/h1-60H. The monoisotopic (exact) mass is 1270 g/mol. The van der Waals surface area contributed by atoms with Crippen LogP contribution >= 0.6 is 11.8 Å². The molecule has 458 valence electrons. The van der Waals surface area contributed by atoms with E-state index in [9.17, 15) is 0 Å². The van der Waals surface area contributed by atoms with E-state index in [1.54, 1.807) is 0 Å². The molecule has 0 saturated heterocycles. The molecule has 0 bridgehead atoms. The summed E-state index contributed by atoms with van der Waals surface area (Å²) in [6.07, 6.45) is 0. The number of benzene rings is 15. The molecule has 19 rings (SSSR count). The van der Waals surface area contributed by atoms with Crippen molar-refractivity contribution in [3.05, 3.63) is 364 Å². The van der Waals surface area contributed by atoms with Gasteiger partial charge in [0.2, 0.25) is 0 Å². The van der Waals surface area contributed by atoms with Crippen molar-refractivity contribution in [2.24, 2.45) is 0 Å². The van der Waals surface area contributed by atoms with Crippen LogP contribution < -0.4 is 57.1 Å². The Labute approximate surface area is 576 Å². The third-order valence-corrected chi connectivity index (χ3v) is 21.0. The fraction of sp³-hybridized carbons (Fsp3) is 0. The zero-order chi connectivity index (χ0) is 64.6. The van der Waals surface area contributed by atoms with Crippen LogP contribution in [0.4, 0.5) is 68.2 Å². The molecule has 0 spiro atoms. The summed E-state index contributed by atoms with van der Waals surface area (Å²) in [5, 5.41) is 0. The minimum atomic E-state index is -0.208. The molecule has 4 aliphatic heterocycles. The Hall–Kier alpha value is -12.2. The quantitative estimate of drug-likeness (QED) is 0.113. The second-order valence-electron chi connectivity index (χ2n) is 25.4. The molecule has 0 unspecified atom stereocenters. The van der Waals surface area contributed by atoms with Gasteiger partial charge in [-0.25, -0.2) is 0 Å². The molecule has 0 atom stereocenters. The Balaban J connectivity index is 0.904. The number of anilines is 12. The summed E-state index contributed by atoms with van der Waals surface area (Å²) in [6, 6.07) is 134. The molecule has 15 aromatic rings. The molecule has 4 aliphatic rings. The summed E-state index contributed by atoms with van der Waals surface area (Å²) in [7, 11) is 0. The van der Waals surface area contributed by atoms with Gasteiger partial charge in [0.15, 0.2) is 0 Å². The van der Waals surface area contributed by atoms with Gasteiger partial charge < -0.3 is 24.3 Å². The molecule has 0 amide bonds. The van der Waals surface area contributed by atoms with Gasteiger partial charge in [-0.3, -0.25) is 0 Å². The van der Waals surface area contributed by atoms with Gasteiger partial charge in [-0.15, -0.1) is 0 Å². The smallest absolute Gasteiger partial charge is 0.253 e. The van der Waals surface area contributed by atoms with Gasteiger partial charge in [0.05, 0.1) is 34.1 Å². The van der Waals surface area contributed by atoms with E-state index in [0.717, 1.165) is 135 Å². The number of hydrogen-bond donors (Lipinski definition) is 0. The van der Waals surface area contributed by atoms with E-state index in [1.807, 2.05) is 11.8 Å². The molecule has 0 fully saturated rings. The van der Waals surface area contributed by atoms with Crippen LogP contribution in [0.2, 0.25) is 0 Å². The largest absolute Gasteiger partial charge is 0.458 e. The maximum atomic E-state index is 7.28. The Morgan fingerprint density at radius 3 is 1.17 bits per heavy atom. The van der Waals surface area contributed by atoms with Crippen LogP contribution in [0.25, 0.3) is 44.5 Å². The van der Waals surface area contributed by atoms with Crippen molar-refractivity contribution in [3.63, 3.8) is 0 Å². The zero-order valence-corrected chi connectivity index (χ0v) is 54.2. The fourth-order valence-corrected chi connectivity index (χ4v) is 17.0. The second-order valence-corrected chi connectivity index (χ2v) is 26.5. The number of nitrogens with zero attached hydrogens (tertiary/aromatic N) is 4. The van der Waals surface area contributed by atoms with E-state index in [4.69, 9.17) is 4.74 Å². The van der Waals surface area contributed by atoms with Crippen molar-refractivity contribution < 1.29 is 4.74 Å². The lowest BCUT2D eigenvalue weighted by atomic mass is 9.31. The minimum absolute atomic E-state index is 0.146. The summed E-state index contributed by atoms with van der Waals surface area (Å²) in [5.74, 6) is 1.73. The number of para-hydroxylation sites is 8. The van der Waals surface area contributed by atoms with Crippen LogP contribution in [0, 0.1) is 0 Å². The maximum Gasteiger partial charge on any atom is 0.253 e. The summed E-state index contributed by atoms with van der Waals surface area (Å²) < 4.78 is 7.28. The SMILES string of the molecule is c1ccc(-c2ccccc2N(c2ccccc2)c2cc3c4c(c2)Sc2cc5c(cc2B4c2ccccc2O3)B2c3ccccc3N(c3ccccc3-c3ccccc3)c3cc(N(c4ccccc4)c4ccccc4-c4ccccc4)cc(c32)N5c2ccccc2-c2ccccc2)cc1. The van der Waals surface area contributed by atoms with E-state index in [2.05, 4.69) is 384 Å². The molecule has 0 radical (unpaired) electrons. The highest BCUT2D eigenvalue weighted by atomic mass is 32.2. The highest BCUT2D eigenvalue weighted by molar-refractivity contribution is 8.00. The summed E-state index contributed by atoms with van der Waals surface area (Å²) in [5.41, 5.74) is 29.4. The first kappa shape index (κ1) is 57.2. The van der Waals surface area contributed by atoms with Crippen molar-refractivity contribution in [2.75, 3.05) is 19.6 Å². The molecular formula is C90H60B2N4OS. The summed E-state index contributed by atoms with van der Waals surface area (Å²) in [4.78, 5) is 12.5. The average Bonchev–Trinajstić information content (AvgIpc) is 0.689. The molecule has 8 heteroatoms. The zero-order valence-electron chi connectivity index (χ0n) is 53.4. The summed E-state index contributed by atoms with van der Waals surface area (Å²) in [6.45, 7) is -0.354. The van der Waals surface area contributed by atoms with Gasteiger partial charge in [0.1, 0.15) is 11.5 Å². The Kier molecular flexibility index (Phi) is 14.0. The van der Waals surface area contributed by atoms with Crippen molar-refractivity contribution in [1.82, 2.24) is 0 Å². The van der Waals surface area contributed by atoms with Crippen LogP contribution in [0.1, 0.15) is 0 Å². The molecule has 0 aromatic heterocycles. The van der Waals surface area contributed by atoms with Crippen molar-refractivity contribution in [3.8, 4) is 56.0 Å². The first-order chi connectivity index (χ1) is 48.7.